The molecule has 29 heavy (non-hydrogen) atoms. The number of β-amino-alcohol motifs (C(OH)–C–C–N with tert-alkyl or cyclic N) is 1. The van der Waals surface area contributed by atoms with Gasteiger partial charge in [-0.2, -0.15) is 4.98 Å². The third-order valence-electron chi connectivity index (χ3n) is 5.06. The monoisotopic (exact) mass is 401 g/mol. The summed E-state index contributed by atoms with van der Waals surface area (Å²) in [7, 11) is -1.80. The van der Waals surface area contributed by atoms with Gasteiger partial charge in [0.1, 0.15) is 6.29 Å². The topological polar surface area (TPSA) is 137 Å². The molecule has 10 heteroatoms. The Morgan fingerprint density at radius 3 is 2.79 bits per heavy atom. The van der Waals surface area contributed by atoms with Gasteiger partial charge in [-0.1, -0.05) is 25.1 Å². The first-order valence-electron chi connectivity index (χ1n) is 9.52. The van der Waals surface area contributed by atoms with E-state index in [4.69, 9.17) is 4.52 Å². The molecule has 1 aromatic heterocycles. The highest BCUT2D eigenvalue weighted by Gasteiger charge is 2.37. The number of aromatic nitrogens is 2. The molecule has 1 aromatic carbocycles. The normalized spacial score (nSPS) is 19.4. The Morgan fingerprint density at radius 1 is 1.41 bits per heavy atom. The number of rotatable bonds is 6. The van der Waals surface area contributed by atoms with Crippen molar-refractivity contribution in [3.05, 3.63) is 41.0 Å². The average Bonchev–Trinajstić information content (AvgIpc) is 3.14. The number of piperidine rings is 1. The van der Waals surface area contributed by atoms with Crippen LogP contribution in [-0.2, 0) is 6.42 Å². The van der Waals surface area contributed by atoms with Crippen LogP contribution in [0, 0.1) is 0 Å². The van der Waals surface area contributed by atoms with Crippen molar-refractivity contribution >= 4 is 24.8 Å². The molecule has 1 fully saturated rings. The molecular formula is C19H24BN3O6. The van der Waals surface area contributed by atoms with Crippen LogP contribution in [0.4, 0.5) is 0 Å². The average molecular weight is 401 g/mol. The van der Waals surface area contributed by atoms with Gasteiger partial charge in [0.2, 0.25) is 5.89 Å². The summed E-state index contributed by atoms with van der Waals surface area (Å²) in [5, 5.41) is 33.5. The summed E-state index contributed by atoms with van der Waals surface area (Å²) in [4.78, 5) is 29.9. The zero-order valence-corrected chi connectivity index (χ0v) is 16.4. The number of hydrogen-bond donors (Lipinski definition) is 3. The first-order chi connectivity index (χ1) is 13.7. The largest absolute Gasteiger partial charge is 0.489 e. The molecule has 154 valence electrons. The van der Waals surface area contributed by atoms with E-state index in [2.05, 4.69) is 10.1 Å². The molecule has 1 atom stereocenters. The fourth-order valence-corrected chi connectivity index (χ4v) is 3.51. The molecule has 1 amide bonds. The standard InChI is InChI=1S/C19H24BN3O6/c1-12(2)17-21-16(29-22-17)9-19(26)6-3-7-23(11-19)18(25)13-4-5-15(20(27)28)14(8-13)10-24/h4-5,8,10,12,26-28H,3,6-7,9,11H2,1-2H3. The summed E-state index contributed by atoms with van der Waals surface area (Å²) in [5.74, 6) is 0.660. The first kappa shape index (κ1) is 21.2. The van der Waals surface area contributed by atoms with E-state index < -0.39 is 12.7 Å². The van der Waals surface area contributed by atoms with Crippen LogP contribution in [0.3, 0.4) is 0 Å². The lowest BCUT2D eigenvalue weighted by atomic mass is 9.76. The van der Waals surface area contributed by atoms with Crippen LogP contribution in [0.1, 0.15) is 65.0 Å². The van der Waals surface area contributed by atoms with Gasteiger partial charge in [0.05, 0.1) is 18.6 Å². The van der Waals surface area contributed by atoms with Crippen LogP contribution in [0.2, 0.25) is 0 Å². The predicted octanol–water partition coefficient (Wildman–Crippen LogP) is -0.105. The molecule has 2 aromatic rings. The highest BCUT2D eigenvalue weighted by Crippen LogP contribution is 2.26. The third-order valence-corrected chi connectivity index (χ3v) is 5.06. The lowest BCUT2D eigenvalue weighted by molar-refractivity contribution is -0.0286. The van der Waals surface area contributed by atoms with Crippen molar-refractivity contribution in [1.82, 2.24) is 15.0 Å². The van der Waals surface area contributed by atoms with Gasteiger partial charge in [0, 0.05) is 23.6 Å². The number of aldehydes is 1. The first-order valence-corrected chi connectivity index (χ1v) is 9.52. The minimum Gasteiger partial charge on any atom is -0.423 e. The van der Waals surface area contributed by atoms with E-state index in [0.717, 1.165) is 0 Å². The molecule has 1 saturated heterocycles. The van der Waals surface area contributed by atoms with Gasteiger partial charge in [-0.3, -0.25) is 9.59 Å². The summed E-state index contributed by atoms with van der Waals surface area (Å²) < 4.78 is 5.23. The van der Waals surface area contributed by atoms with E-state index in [9.17, 15) is 24.7 Å². The maximum atomic E-state index is 12.9. The summed E-state index contributed by atoms with van der Waals surface area (Å²) in [6.07, 6.45) is 1.71. The second-order valence-corrected chi connectivity index (χ2v) is 7.77. The molecule has 0 bridgehead atoms. The summed E-state index contributed by atoms with van der Waals surface area (Å²) >= 11 is 0. The molecule has 0 radical (unpaired) electrons. The number of hydrogen-bond acceptors (Lipinski definition) is 8. The van der Waals surface area contributed by atoms with Gasteiger partial charge in [0.15, 0.2) is 5.82 Å². The Labute approximate surface area is 168 Å². The quantitative estimate of drug-likeness (QED) is 0.451. The zero-order valence-electron chi connectivity index (χ0n) is 16.4. The number of benzene rings is 1. The van der Waals surface area contributed by atoms with Crippen LogP contribution in [0.5, 0.6) is 0 Å². The Bertz CT molecular complexity index is 900. The van der Waals surface area contributed by atoms with Crippen LogP contribution in [-0.4, -0.2) is 68.2 Å². The minimum absolute atomic E-state index is 0.0315. The second kappa shape index (κ2) is 8.44. The van der Waals surface area contributed by atoms with Gasteiger partial charge in [0.25, 0.3) is 5.91 Å². The molecule has 3 N–H and O–H groups in total. The number of carbonyl (C=O) groups excluding carboxylic acids is 2. The summed E-state index contributed by atoms with van der Waals surface area (Å²) in [5.41, 5.74) is -0.890. The molecule has 9 nitrogen and oxygen atoms in total. The molecule has 1 aliphatic rings. The Kier molecular flexibility index (Phi) is 6.16. The molecule has 1 aliphatic heterocycles. The van der Waals surface area contributed by atoms with Crippen molar-refractivity contribution in [1.29, 1.82) is 0 Å². The maximum absolute atomic E-state index is 12.9. The number of likely N-dealkylation sites (tertiary alicyclic amines) is 1. The fourth-order valence-electron chi connectivity index (χ4n) is 3.51. The Balaban J connectivity index is 1.75. The van der Waals surface area contributed by atoms with Crippen molar-refractivity contribution in [3.63, 3.8) is 0 Å². The van der Waals surface area contributed by atoms with Crippen molar-refractivity contribution in [2.24, 2.45) is 0 Å². The van der Waals surface area contributed by atoms with E-state index >= 15 is 0 Å². The number of carbonyl (C=O) groups is 2. The second-order valence-electron chi connectivity index (χ2n) is 7.77. The zero-order chi connectivity index (χ0) is 21.2. The van der Waals surface area contributed by atoms with Gasteiger partial charge in [-0.05, 0) is 30.4 Å². The van der Waals surface area contributed by atoms with Crippen LogP contribution >= 0.6 is 0 Å². The molecule has 0 aliphatic carbocycles. The lowest BCUT2D eigenvalue weighted by Gasteiger charge is -2.38. The van der Waals surface area contributed by atoms with Crippen LogP contribution in [0.25, 0.3) is 0 Å². The minimum atomic E-state index is -1.80. The third kappa shape index (κ3) is 4.72. The molecule has 0 spiro atoms. The Hall–Kier alpha value is -2.56. The van der Waals surface area contributed by atoms with E-state index in [1.807, 2.05) is 13.8 Å². The molecule has 0 saturated carbocycles. The van der Waals surface area contributed by atoms with E-state index in [1.165, 1.54) is 23.1 Å². The maximum Gasteiger partial charge on any atom is 0.489 e. The summed E-state index contributed by atoms with van der Waals surface area (Å²) in [6.45, 7) is 4.44. The number of nitrogens with zero attached hydrogens (tertiary/aromatic N) is 3. The molecule has 2 heterocycles. The molecule has 1 unspecified atom stereocenters. The van der Waals surface area contributed by atoms with E-state index in [-0.39, 0.29) is 41.4 Å². The van der Waals surface area contributed by atoms with Crippen molar-refractivity contribution in [3.8, 4) is 0 Å². The van der Waals surface area contributed by atoms with Crippen LogP contribution < -0.4 is 5.46 Å². The summed E-state index contributed by atoms with van der Waals surface area (Å²) in [6, 6.07) is 4.10. The van der Waals surface area contributed by atoms with Crippen molar-refractivity contribution in [2.45, 2.75) is 44.6 Å². The SMILES string of the molecule is CC(C)c1noc(CC2(O)CCCN(C(=O)c3ccc(B(O)O)c(C=O)c3)C2)n1. The van der Waals surface area contributed by atoms with Crippen LogP contribution in [0.15, 0.2) is 22.7 Å². The lowest BCUT2D eigenvalue weighted by Crippen LogP contribution is -2.51. The van der Waals surface area contributed by atoms with Gasteiger partial charge < -0.3 is 24.6 Å². The molecule has 3 rings (SSSR count). The highest BCUT2D eigenvalue weighted by atomic mass is 16.5. The van der Waals surface area contributed by atoms with Crippen molar-refractivity contribution in [2.75, 3.05) is 13.1 Å². The van der Waals surface area contributed by atoms with E-state index in [0.29, 0.717) is 37.4 Å². The van der Waals surface area contributed by atoms with Crippen molar-refractivity contribution < 1.29 is 29.3 Å². The fraction of sp³-hybridized carbons (Fsp3) is 0.474. The Morgan fingerprint density at radius 2 is 2.17 bits per heavy atom. The molecular weight excluding hydrogens is 377 g/mol. The smallest absolute Gasteiger partial charge is 0.423 e. The predicted molar refractivity (Wildman–Crippen MR) is 104 cm³/mol. The van der Waals surface area contributed by atoms with Gasteiger partial charge >= 0.3 is 7.12 Å². The van der Waals surface area contributed by atoms with Gasteiger partial charge in [-0.25, -0.2) is 0 Å². The number of aliphatic hydroxyl groups is 1. The highest BCUT2D eigenvalue weighted by molar-refractivity contribution is 6.60. The van der Waals surface area contributed by atoms with E-state index in [1.54, 1.807) is 0 Å². The van der Waals surface area contributed by atoms with Gasteiger partial charge in [-0.15, -0.1) is 0 Å². The number of amides is 1.